The number of carbonyl (C=O) groups excluding carboxylic acids is 2. The standard InChI is InChI=1S/C14H32O2Si4/c1-17(2)9-10-19(5,6)14(16)20(7,8)12-11-18(3,4)13(17)15/h9-12H2,1-8H3. The zero-order chi connectivity index (χ0) is 16.0. The van der Waals surface area contributed by atoms with Crippen LogP contribution in [0.25, 0.3) is 0 Å². The van der Waals surface area contributed by atoms with Crippen molar-refractivity contribution in [2.24, 2.45) is 0 Å². The monoisotopic (exact) mass is 344 g/mol. The molecule has 0 saturated carbocycles. The molecular weight excluding hydrogens is 312 g/mol. The highest BCUT2D eigenvalue weighted by molar-refractivity contribution is 7.35. The largest absolute Gasteiger partial charge is 0.311 e. The van der Waals surface area contributed by atoms with Gasteiger partial charge < -0.3 is 9.59 Å². The van der Waals surface area contributed by atoms with E-state index in [4.69, 9.17) is 0 Å². The molecule has 1 heterocycles. The van der Waals surface area contributed by atoms with Gasteiger partial charge in [0.2, 0.25) is 0 Å². The maximum Gasteiger partial charge on any atom is 0.120 e. The zero-order valence-corrected chi connectivity index (χ0v) is 18.6. The molecule has 1 aliphatic rings. The van der Waals surface area contributed by atoms with E-state index in [1.54, 1.807) is 0 Å². The SMILES string of the molecule is C[Si]1(C)CC[Si](C)(C)C(=O)[Si](C)(C)CC[Si](C)(C)C1=O. The predicted octanol–water partition coefficient (Wildman–Crippen LogP) is 5.40. The van der Waals surface area contributed by atoms with E-state index in [0.717, 1.165) is 24.2 Å². The lowest BCUT2D eigenvalue weighted by atomic mass is 10.9. The Morgan fingerprint density at radius 2 is 0.650 bits per heavy atom. The molecule has 1 fully saturated rings. The maximum absolute atomic E-state index is 13.0. The average molecular weight is 345 g/mol. The van der Waals surface area contributed by atoms with E-state index in [1.165, 1.54) is 0 Å². The average Bonchev–Trinajstić information content (AvgIpc) is 2.31. The van der Waals surface area contributed by atoms with Crippen molar-refractivity contribution < 1.29 is 9.59 Å². The molecule has 0 aromatic carbocycles. The molecule has 0 bridgehead atoms. The Kier molecular flexibility index (Phi) is 4.97. The third-order valence-electron chi connectivity index (χ3n) is 5.21. The van der Waals surface area contributed by atoms with Crippen LogP contribution in [-0.4, -0.2) is 42.4 Å². The van der Waals surface area contributed by atoms with Gasteiger partial charge in [0, 0.05) is 0 Å². The molecule has 0 aromatic heterocycles. The number of carbonyl (C=O) groups is 2. The second-order valence-electron chi connectivity index (χ2n) is 9.19. The van der Waals surface area contributed by atoms with Gasteiger partial charge in [-0.05, 0) is 0 Å². The van der Waals surface area contributed by atoms with Crippen LogP contribution in [0.5, 0.6) is 0 Å². The molecule has 116 valence electrons. The lowest BCUT2D eigenvalue weighted by Gasteiger charge is -2.38. The van der Waals surface area contributed by atoms with Gasteiger partial charge in [-0.15, -0.1) is 0 Å². The van der Waals surface area contributed by atoms with Gasteiger partial charge in [-0.25, -0.2) is 0 Å². The smallest absolute Gasteiger partial charge is 0.120 e. The van der Waals surface area contributed by atoms with Gasteiger partial charge >= 0.3 is 0 Å². The van der Waals surface area contributed by atoms with Crippen molar-refractivity contribution >= 4 is 42.4 Å². The summed E-state index contributed by atoms with van der Waals surface area (Å²) >= 11 is 0. The van der Waals surface area contributed by atoms with E-state index in [1.807, 2.05) is 0 Å². The molecule has 0 spiro atoms. The van der Waals surface area contributed by atoms with Gasteiger partial charge in [0.25, 0.3) is 0 Å². The maximum atomic E-state index is 13.0. The van der Waals surface area contributed by atoms with Gasteiger partial charge in [0.05, 0.1) is 10.1 Å². The molecular formula is C14H32O2Si4. The van der Waals surface area contributed by atoms with Crippen molar-refractivity contribution in [3.05, 3.63) is 0 Å². The Balaban J connectivity index is 3.20. The van der Waals surface area contributed by atoms with Crippen molar-refractivity contribution in [2.75, 3.05) is 0 Å². The van der Waals surface area contributed by atoms with Gasteiger partial charge in [0.1, 0.15) is 32.3 Å². The summed E-state index contributed by atoms with van der Waals surface area (Å²) in [6, 6.07) is 4.16. The Bertz CT molecular complexity index is 349. The lowest BCUT2D eigenvalue weighted by molar-refractivity contribution is 0.270. The van der Waals surface area contributed by atoms with Crippen LogP contribution in [0.1, 0.15) is 0 Å². The Labute approximate surface area is 128 Å². The third kappa shape index (κ3) is 3.69. The normalized spacial score (nSPS) is 29.0. The molecule has 1 saturated heterocycles. The topological polar surface area (TPSA) is 34.1 Å². The minimum atomic E-state index is -1.81. The summed E-state index contributed by atoms with van der Waals surface area (Å²) in [6.07, 6.45) is 0. The molecule has 0 aromatic rings. The molecule has 0 unspecified atom stereocenters. The molecule has 1 rings (SSSR count). The van der Waals surface area contributed by atoms with Crippen LogP contribution in [0, 0.1) is 0 Å². The van der Waals surface area contributed by atoms with Crippen LogP contribution >= 0.6 is 0 Å². The minimum Gasteiger partial charge on any atom is -0.311 e. The second kappa shape index (κ2) is 5.44. The summed E-state index contributed by atoms with van der Waals surface area (Å²) in [5.74, 6) is 0. The fourth-order valence-corrected chi connectivity index (χ4v) is 30.6. The van der Waals surface area contributed by atoms with Crippen molar-refractivity contribution in [3.8, 4) is 0 Å². The summed E-state index contributed by atoms with van der Waals surface area (Å²) < 4.78 is 0. The molecule has 0 N–H and O–H groups in total. The van der Waals surface area contributed by atoms with Crippen molar-refractivity contribution in [1.82, 2.24) is 0 Å². The van der Waals surface area contributed by atoms with Gasteiger partial charge in [-0.3, -0.25) is 0 Å². The molecule has 20 heavy (non-hydrogen) atoms. The molecule has 0 atom stereocenters. The first-order chi connectivity index (χ1) is 8.72. The first-order valence-electron chi connectivity index (χ1n) is 7.82. The first kappa shape index (κ1) is 18.3. The summed E-state index contributed by atoms with van der Waals surface area (Å²) in [6.45, 7) is 17.9. The van der Waals surface area contributed by atoms with E-state index in [9.17, 15) is 9.59 Å². The summed E-state index contributed by atoms with van der Waals surface area (Å²) in [4.78, 5) is 26.0. The molecule has 6 heteroatoms. The Morgan fingerprint density at radius 1 is 0.500 bits per heavy atom. The fourth-order valence-electron chi connectivity index (χ4n) is 3.54. The molecule has 0 radical (unpaired) electrons. The van der Waals surface area contributed by atoms with Crippen LogP contribution in [-0.2, 0) is 0 Å². The van der Waals surface area contributed by atoms with E-state index in [2.05, 4.69) is 52.4 Å². The zero-order valence-electron chi connectivity index (χ0n) is 14.6. The number of hydrogen-bond acceptors (Lipinski definition) is 2. The number of rotatable bonds is 0. The third-order valence-corrected chi connectivity index (χ3v) is 25.2. The van der Waals surface area contributed by atoms with Crippen LogP contribution in [0.4, 0.5) is 9.59 Å². The summed E-state index contributed by atoms with van der Waals surface area (Å²) in [7, 11) is -7.24. The Hall–Kier alpha value is 0.208. The highest BCUT2D eigenvalue weighted by Crippen LogP contribution is 2.34. The van der Waals surface area contributed by atoms with E-state index < -0.39 is 32.3 Å². The summed E-state index contributed by atoms with van der Waals surface area (Å²) in [5, 5.41) is 1.32. The fraction of sp³-hybridized carbons (Fsp3) is 0.857. The first-order valence-corrected chi connectivity index (χ1v) is 20.7. The van der Waals surface area contributed by atoms with Gasteiger partial charge in [-0.2, -0.15) is 0 Å². The summed E-state index contributed by atoms with van der Waals surface area (Å²) in [5.41, 5.74) is 0. The van der Waals surface area contributed by atoms with Crippen LogP contribution in [0.2, 0.25) is 76.6 Å². The van der Waals surface area contributed by atoms with Crippen molar-refractivity contribution in [1.29, 1.82) is 0 Å². The molecule has 0 amide bonds. The predicted molar refractivity (Wildman–Crippen MR) is 99.9 cm³/mol. The van der Waals surface area contributed by atoms with Crippen molar-refractivity contribution in [2.45, 2.75) is 76.6 Å². The van der Waals surface area contributed by atoms with Crippen LogP contribution in [0.3, 0.4) is 0 Å². The lowest BCUT2D eigenvalue weighted by Crippen LogP contribution is -2.58. The quantitative estimate of drug-likeness (QED) is 0.551. The van der Waals surface area contributed by atoms with Crippen molar-refractivity contribution in [3.63, 3.8) is 0 Å². The molecule has 2 nitrogen and oxygen atoms in total. The van der Waals surface area contributed by atoms with Gasteiger partial charge in [-0.1, -0.05) is 76.6 Å². The highest BCUT2D eigenvalue weighted by Gasteiger charge is 2.49. The highest BCUT2D eigenvalue weighted by atomic mass is 28.4. The second-order valence-corrected chi connectivity index (χ2v) is 29.1. The number of hydrogen-bond donors (Lipinski definition) is 0. The van der Waals surface area contributed by atoms with Gasteiger partial charge in [0.15, 0.2) is 0 Å². The molecule has 1 aliphatic heterocycles. The minimum absolute atomic E-state index is 0.661. The van der Waals surface area contributed by atoms with E-state index in [-0.39, 0.29) is 0 Å². The Morgan fingerprint density at radius 3 is 0.800 bits per heavy atom. The molecule has 0 aliphatic carbocycles. The van der Waals surface area contributed by atoms with Crippen LogP contribution in [0.15, 0.2) is 0 Å². The van der Waals surface area contributed by atoms with E-state index in [0.29, 0.717) is 10.1 Å². The van der Waals surface area contributed by atoms with Crippen LogP contribution < -0.4 is 0 Å². The van der Waals surface area contributed by atoms with E-state index >= 15 is 0 Å².